The Morgan fingerprint density at radius 1 is 1.21 bits per heavy atom. The maximum absolute atomic E-state index is 9.22. The highest BCUT2D eigenvalue weighted by atomic mass is 32.1. The summed E-state index contributed by atoms with van der Waals surface area (Å²) in [5.41, 5.74) is 17.7. The molecule has 1 aromatic heterocycles. The largest absolute Gasteiger partial charge is 0.382 e. The van der Waals surface area contributed by atoms with Gasteiger partial charge in [0.15, 0.2) is 5.82 Å². The highest BCUT2D eigenvalue weighted by molar-refractivity contribution is 7.10. The number of nitrogen functional groups attached to an aromatic ring is 1. The molecule has 118 valence electrons. The molecule has 0 unspecified atom stereocenters. The highest BCUT2D eigenvalue weighted by Crippen LogP contribution is 2.37. The summed E-state index contributed by atoms with van der Waals surface area (Å²) in [6.45, 7) is 2.07. The summed E-state index contributed by atoms with van der Waals surface area (Å²) in [6, 6.07) is 16.3. The summed E-state index contributed by atoms with van der Waals surface area (Å²) in [5.74, 6) is 0.288. The summed E-state index contributed by atoms with van der Waals surface area (Å²) in [7, 11) is 0. The minimum atomic E-state index is 0.288. The molecular formula is C17H14N6S. The van der Waals surface area contributed by atoms with Gasteiger partial charge < -0.3 is 11.2 Å². The topological polar surface area (TPSA) is 90.0 Å². The standard InChI is InChI=1S/C17H14N6S/c1-10-2-7-14-15(8-10)23(22-20-14)12-5-3-11(4-6-12)16-13(9-18)17(19)21-24-16/h2-8,20,22H,1H3,(H2,19,21). The summed E-state index contributed by atoms with van der Waals surface area (Å²) in [6.07, 6.45) is 0. The van der Waals surface area contributed by atoms with Crippen LogP contribution in [-0.2, 0) is 0 Å². The van der Waals surface area contributed by atoms with Crippen molar-refractivity contribution in [3.8, 4) is 16.5 Å². The molecule has 2 heterocycles. The average Bonchev–Trinajstić information content (AvgIpc) is 3.18. The van der Waals surface area contributed by atoms with Gasteiger partial charge in [-0.05, 0) is 53.8 Å². The number of nitrogens with zero attached hydrogens (tertiary/aromatic N) is 3. The van der Waals surface area contributed by atoms with Crippen LogP contribution in [0.3, 0.4) is 0 Å². The molecule has 7 heteroatoms. The van der Waals surface area contributed by atoms with Gasteiger partial charge in [-0.1, -0.05) is 18.2 Å². The van der Waals surface area contributed by atoms with Crippen LogP contribution in [0.25, 0.3) is 10.4 Å². The fourth-order valence-corrected chi connectivity index (χ4v) is 3.45. The van der Waals surface area contributed by atoms with Gasteiger partial charge in [0.1, 0.15) is 11.6 Å². The summed E-state index contributed by atoms with van der Waals surface area (Å²) in [5, 5.41) is 11.2. The van der Waals surface area contributed by atoms with Crippen LogP contribution in [0.1, 0.15) is 11.1 Å². The Bertz CT molecular complexity index is 954. The minimum absolute atomic E-state index is 0.288. The Labute approximate surface area is 143 Å². The van der Waals surface area contributed by atoms with E-state index in [0.29, 0.717) is 5.56 Å². The molecule has 24 heavy (non-hydrogen) atoms. The molecule has 4 N–H and O–H groups in total. The Balaban J connectivity index is 1.69. The summed E-state index contributed by atoms with van der Waals surface area (Å²) in [4.78, 5) is 0.797. The zero-order valence-corrected chi connectivity index (χ0v) is 13.7. The number of benzene rings is 2. The van der Waals surface area contributed by atoms with Gasteiger partial charge in [-0.3, -0.25) is 5.01 Å². The number of nitrogens with one attached hydrogen (secondary N) is 2. The molecular weight excluding hydrogens is 320 g/mol. The number of nitrogens with two attached hydrogens (primary N) is 1. The Hall–Kier alpha value is -3.08. The number of nitriles is 1. The van der Waals surface area contributed by atoms with Gasteiger partial charge in [0, 0.05) is 0 Å². The van der Waals surface area contributed by atoms with E-state index in [1.54, 1.807) is 0 Å². The molecule has 0 radical (unpaired) electrons. The second kappa shape index (κ2) is 5.53. The average molecular weight is 334 g/mol. The fraction of sp³-hybridized carbons (Fsp3) is 0.0588. The molecule has 1 aliphatic rings. The van der Waals surface area contributed by atoms with Crippen molar-refractivity contribution < 1.29 is 0 Å². The molecule has 6 nitrogen and oxygen atoms in total. The number of anilines is 4. The van der Waals surface area contributed by atoms with Crippen molar-refractivity contribution in [2.24, 2.45) is 0 Å². The van der Waals surface area contributed by atoms with Gasteiger partial charge in [-0.2, -0.15) is 9.64 Å². The zero-order valence-electron chi connectivity index (χ0n) is 12.9. The molecule has 0 saturated heterocycles. The molecule has 1 aliphatic heterocycles. The van der Waals surface area contributed by atoms with Crippen LogP contribution in [0.4, 0.5) is 22.9 Å². The lowest BCUT2D eigenvalue weighted by Crippen LogP contribution is -2.31. The molecule has 0 spiro atoms. The molecule has 0 bridgehead atoms. The van der Waals surface area contributed by atoms with Gasteiger partial charge in [0.05, 0.1) is 21.9 Å². The zero-order chi connectivity index (χ0) is 16.7. The quantitative estimate of drug-likeness (QED) is 0.664. The van der Waals surface area contributed by atoms with Crippen LogP contribution in [0.15, 0.2) is 42.5 Å². The first kappa shape index (κ1) is 14.5. The first-order valence-corrected chi connectivity index (χ1v) is 8.13. The van der Waals surface area contributed by atoms with E-state index >= 15 is 0 Å². The van der Waals surface area contributed by atoms with Crippen molar-refractivity contribution in [2.75, 3.05) is 16.2 Å². The second-order valence-electron chi connectivity index (χ2n) is 5.52. The maximum Gasteiger partial charge on any atom is 0.155 e. The van der Waals surface area contributed by atoms with E-state index in [1.165, 1.54) is 17.1 Å². The number of hydrazine groups is 2. The molecule has 0 atom stereocenters. The highest BCUT2D eigenvalue weighted by Gasteiger charge is 2.20. The lowest BCUT2D eigenvalue weighted by molar-refractivity contribution is 0.863. The second-order valence-corrected chi connectivity index (χ2v) is 6.30. The molecule has 0 saturated carbocycles. The third-order valence-corrected chi connectivity index (χ3v) is 4.82. The van der Waals surface area contributed by atoms with Crippen LogP contribution >= 0.6 is 11.5 Å². The Morgan fingerprint density at radius 2 is 2.00 bits per heavy atom. The smallest absolute Gasteiger partial charge is 0.155 e. The Morgan fingerprint density at radius 3 is 2.75 bits per heavy atom. The molecule has 2 aromatic carbocycles. The fourth-order valence-electron chi connectivity index (χ4n) is 2.68. The van der Waals surface area contributed by atoms with Crippen molar-refractivity contribution in [3.63, 3.8) is 0 Å². The normalized spacial score (nSPS) is 12.6. The first-order valence-electron chi connectivity index (χ1n) is 7.35. The number of hydrogen-bond donors (Lipinski definition) is 3. The van der Waals surface area contributed by atoms with Gasteiger partial charge >= 0.3 is 0 Å². The predicted molar refractivity (Wildman–Crippen MR) is 96.8 cm³/mol. The van der Waals surface area contributed by atoms with E-state index < -0.39 is 0 Å². The van der Waals surface area contributed by atoms with Crippen molar-refractivity contribution in [1.29, 1.82) is 5.26 Å². The summed E-state index contributed by atoms with van der Waals surface area (Å²) < 4.78 is 4.07. The van der Waals surface area contributed by atoms with Crippen LogP contribution in [0.2, 0.25) is 0 Å². The van der Waals surface area contributed by atoms with Crippen LogP contribution in [-0.4, -0.2) is 4.37 Å². The molecule has 0 aliphatic carbocycles. The molecule has 4 rings (SSSR count). The minimum Gasteiger partial charge on any atom is -0.382 e. The monoisotopic (exact) mass is 334 g/mol. The Kier molecular flexibility index (Phi) is 3.34. The number of aromatic nitrogens is 1. The van der Waals surface area contributed by atoms with Crippen LogP contribution in [0.5, 0.6) is 0 Å². The lowest BCUT2D eigenvalue weighted by atomic mass is 10.1. The first-order chi connectivity index (χ1) is 11.7. The van der Waals surface area contributed by atoms with E-state index in [2.05, 4.69) is 40.5 Å². The van der Waals surface area contributed by atoms with Crippen molar-refractivity contribution >= 4 is 34.4 Å². The third-order valence-electron chi connectivity index (χ3n) is 3.91. The van der Waals surface area contributed by atoms with Gasteiger partial charge in [0.2, 0.25) is 0 Å². The third kappa shape index (κ3) is 2.25. The van der Waals surface area contributed by atoms with Crippen LogP contribution in [0, 0.1) is 18.3 Å². The summed E-state index contributed by atoms with van der Waals surface area (Å²) >= 11 is 1.24. The maximum atomic E-state index is 9.22. The van der Waals surface area contributed by atoms with Crippen molar-refractivity contribution in [3.05, 3.63) is 53.6 Å². The van der Waals surface area contributed by atoms with Crippen LogP contribution < -0.4 is 21.7 Å². The number of rotatable bonds is 2. The number of aryl methyl sites for hydroxylation is 1. The van der Waals surface area contributed by atoms with Gasteiger partial charge in [0.25, 0.3) is 0 Å². The van der Waals surface area contributed by atoms with Gasteiger partial charge in [-0.25, -0.2) is 0 Å². The van der Waals surface area contributed by atoms with Crippen molar-refractivity contribution in [2.45, 2.75) is 6.92 Å². The predicted octanol–water partition coefficient (Wildman–Crippen LogP) is 3.56. The number of fused-ring (bicyclic) bond motifs is 1. The molecule has 0 amide bonds. The molecule has 3 aromatic rings. The van der Waals surface area contributed by atoms with E-state index in [1.807, 2.05) is 35.3 Å². The van der Waals surface area contributed by atoms with Gasteiger partial charge in [-0.15, -0.1) is 5.53 Å². The van der Waals surface area contributed by atoms with E-state index in [0.717, 1.165) is 27.5 Å². The van der Waals surface area contributed by atoms with Crippen molar-refractivity contribution in [1.82, 2.24) is 9.91 Å². The number of hydrogen-bond acceptors (Lipinski definition) is 7. The van der Waals surface area contributed by atoms with E-state index in [-0.39, 0.29) is 5.82 Å². The lowest BCUT2D eigenvalue weighted by Gasteiger charge is -2.18. The molecule has 0 fully saturated rings. The van der Waals surface area contributed by atoms with E-state index in [4.69, 9.17) is 5.73 Å². The SMILES string of the molecule is Cc1ccc2c(c1)N(c1ccc(-c3snc(N)c3C#N)cc1)NN2. The van der Waals surface area contributed by atoms with E-state index in [9.17, 15) is 5.26 Å².